The summed E-state index contributed by atoms with van der Waals surface area (Å²) in [5, 5.41) is 7.22. The molecule has 0 aromatic carbocycles. The van der Waals surface area contributed by atoms with Crippen LogP contribution in [0.25, 0.3) is 0 Å². The maximum absolute atomic E-state index is 12.2. The lowest BCUT2D eigenvalue weighted by molar-refractivity contribution is -0.122. The van der Waals surface area contributed by atoms with Crippen LogP contribution in [0.2, 0.25) is 0 Å². The van der Waals surface area contributed by atoms with E-state index in [1.807, 2.05) is 42.2 Å². The first-order valence-electron chi connectivity index (χ1n) is 7.41. The number of hydrogen-bond acceptors (Lipinski definition) is 5. The van der Waals surface area contributed by atoms with E-state index in [1.54, 1.807) is 6.20 Å². The molecule has 0 radical (unpaired) electrons. The summed E-state index contributed by atoms with van der Waals surface area (Å²) in [7, 11) is 0. The molecule has 116 valence electrons. The Labute approximate surface area is 129 Å². The van der Waals surface area contributed by atoms with E-state index in [2.05, 4.69) is 26.3 Å². The van der Waals surface area contributed by atoms with Crippen molar-refractivity contribution in [2.75, 3.05) is 6.54 Å². The van der Waals surface area contributed by atoms with E-state index in [9.17, 15) is 4.79 Å². The van der Waals surface area contributed by atoms with Crippen molar-refractivity contribution in [3.05, 3.63) is 48.0 Å². The van der Waals surface area contributed by atoms with Crippen LogP contribution in [0.4, 0.5) is 0 Å². The molecule has 1 fully saturated rings. The zero-order valence-electron chi connectivity index (χ0n) is 12.5. The molecule has 7 nitrogen and oxygen atoms in total. The Morgan fingerprint density at radius 3 is 3.09 bits per heavy atom. The second kappa shape index (κ2) is 6.67. The Morgan fingerprint density at radius 1 is 1.45 bits per heavy atom. The van der Waals surface area contributed by atoms with Gasteiger partial charge in [0.25, 0.3) is 0 Å². The zero-order valence-corrected chi connectivity index (χ0v) is 12.5. The summed E-state index contributed by atoms with van der Waals surface area (Å²) in [6.45, 7) is 3.18. The first-order chi connectivity index (χ1) is 10.7. The van der Waals surface area contributed by atoms with Crippen LogP contribution in [0.1, 0.15) is 23.7 Å². The topological polar surface area (TPSA) is 83.9 Å². The largest absolute Gasteiger partial charge is 0.353 e. The molecular weight excluding hydrogens is 280 g/mol. The highest BCUT2D eigenvalue weighted by Crippen LogP contribution is 2.21. The number of aryl methyl sites for hydroxylation is 1. The summed E-state index contributed by atoms with van der Waals surface area (Å²) in [5.74, 6) is 0.00256. The lowest BCUT2D eigenvalue weighted by atomic mass is 10.0. The monoisotopic (exact) mass is 300 g/mol. The second-order valence-electron chi connectivity index (χ2n) is 5.43. The lowest BCUT2D eigenvalue weighted by Crippen LogP contribution is -2.44. The number of nitrogens with zero attached hydrogens (tertiary/aromatic N) is 3. The van der Waals surface area contributed by atoms with Crippen molar-refractivity contribution in [2.45, 2.75) is 32.0 Å². The number of carbonyl (C=O) groups excluding carboxylic acids is 1. The summed E-state index contributed by atoms with van der Waals surface area (Å²) in [6.07, 6.45) is 6.18. The Kier molecular flexibility index (Phi) is 4.45. The molecule has 3 heterocycles. The molecule has 1 saturated heterocycles. The van der Waals surface area contributed by atoms with E-state index >= 15 is 0 Å². The molecule has 2 unspecified atom stereocenters. The van der Waals surface area contributed by atoms with Crippen molar-refractivity contribution in [1.29, 1.82) is 0 Å². The number of hydrazine groups is 1. The van der Waals surface area contributed by atoms with Gasteiger partial charge in [-0.25, -0.2) is 10.9 Å². The molecular formula is C15H20N6O. The molecule has 0 aliphatic carbocycles. The minimum atomic E-state index is -0.232. The highest BCUT2D eigenvalue weighted by molar-refractivity contribution is 5.82. The van der Waals surface area contributed by atoms with Crippen LogP contribution in [0, 0.1) is 6.92 Å². The standard InChI is InChI=1S/C15H20N6O/c1-11-4-7-21(20-11)8-6-17-15(22)14-9-13(18-19-14)12-3-2-5-16-10-12/h2-5,7,10,13-14,18-19H,6,8-9H2,1H3,(H,17,22). The molecule has 1 aliphatic rings. The van der Waals surface area contributed by atoms with Gasteiger partial charge in [-0.15, -0.1) is 0 Å². The van der Waals surface area contributed by atoms with Gasteiger partial charge in [0.15, 0.2) is 0 Å². The average molecular weight is 300 g/mol. The molecule has 2 atom stereocenters. The third-order valence-corrected chi connectivity index (χ3v) is 3.72. The average Bonchev–Trinajstić information content (AvgIpc) is 3.17. The first-order valence-corrected chi connectivity index (χ1v) is 7.41. The van der Waals surface area contributed by atoms with Crippen molar-refractivity contribution in [2.24, 2.45) is 0 Å². The van der Waals surface area contributed by atoms with Crippen LogP contribution in [-0.2, 0) is 11.3 Å². The molecule has 2 aromatic rings. The maximum atomic E-state index is 12.2. The molecule has 22 heavy (non-hydrogen) atoms. The molecule has 1 amide bonds. The fourth-order valence-electron chi connectivity index (χ4n) is 2.53. The summed E-state index contributed by atoms with van der Waals surface area (Å²) in [4.78, 5) is 16.3. The van der Waals surface area contributed by atoms with E-state index in [4.69, 9.17) is 0 Å². The Bertz CT molecular complexity index is 626. The highest BCUT2D eigenvalue weighted by Gasteiger charge is 2.29. The van der Waals surface area contributed by atoms with Crippen LogP contribution in [0.15, 0.2) is 36.8 Å². The molecule has 0 spiro atoms. The Morgan fingerprint density at radius 2 is 2.36 bits per heavy atom. The van der Waals surface area contributed by atoms with Crippen LogP contribution in [0.5, 0.6) is 0 Å². The molecule has 2 aromatic heterocycles. The summed E-state index contributed by atoms with van der Waals surface area (Å²) >= 11 is 0. The zero-order chi connectivity index (χ0) is 15.4. The predicted octanol–water partition coefficient (Wildman–Crippen LogP) is 0.311. The molecule has 3 N–H and O–H groups in total. The molecule has 7 heteroatoms. The van der Waals surface area contributed by atoms with Gasteiger partial charge in [0.2, 0.25) is 5.91 Å². The van der Waals surface area contributed by atoms with Crippen molar-refractivity contribution in [3.63, 3.8) is 0 Å². The summed E-state index contributed by atoms with van der Waals surface area (Å²) < 4.78 is 1.83. The van der Waals surface area contributed by atoms with Crippen LogP contribution in [0.3, 0.4) is 0 Å². The lowest BCUT2D eigenvalue weighted by Gasteiger charge is -2.10. The minimum absolute atomic E-state index is 0.00256. The third-order valence-electron chi connectivity index (χ3n) is 3.72. The van der Waals surface area contributed by atoms with Crippen LogP contribution in [-0.4, -0.2) is 33.3 Å². The quantitative estimate of drug-likeness (QED) is 0.740. The fraction of sp³-hybridized carbons (Fsp3) is 0.400. The van der Waals surface area contributed by atoms with Crippen molar-refractivity contribution < 1.29 is 4.79 Å². The molecule has 0 bridgehead atoms. The highest BCUT2D eigenvalue weighted by atomic mass is 16.2. The van der Waals surface area contributed by atoms with E-state index < -0.39 is 0 Å². The number of aromatic nitrogens is 3. The number of rotatable bonds is 5. The first kappa shape index (κ1) is 14.7. The normalized spacial score (nSPS) is 21.0. The van der Waals surface area contributed by atoms with Gasteiger partial charge in [-0.1, -0.05) is 6.07 Å². The number of amides is 1. The van der Waals surface area contributed by atoms with E-state index in [-0.39, 0.29) is 18.0 Å². The van der Waals surface area contributed by atoms with Gasteiger partial charge in [0, 0.05) is 31.2 Å². The maximum Gasteiger partial charge on any atom is 0.238 e. The third kappa shape index (κ3) is 3.49. The molecule has 0 saturated carbocycles. The van der Waals surface area contributed by atoms with E-state index in [1.165, 1.54) is 0 Å². The van der Waals surface area contributed by atoms with Gasteiger partial charge in [-0.05, 0) is 31.0 Å². The number of nitrogens with one attached hydrogen (secondary N) is 3. The SMILES string of the molecule is Cc1ccn(CCNC(=O)C2CC(c3cccnc3)NN2)n1. The van der Waals surface area contributed by atoms with Gasteiger partial charge >= 0.3 is 0 Å². The van der Waals surface area contributed by atoms with Gasteiger partial charge in [0.1, 0.15) is 6.04 Å². The summed E-state index contributed by atoms with van der Waals surface area (Å²) in [5.41, 5.74) is 8.25. The number of hydrogen-bond donors (Lipinski definition) is 3. The summed E-state index contributed by atoms with van der Waals surface area (Å²) in [6, 6.07) is 5.73. The number of pyridine rings is 1. The molecule has 1 aliphatic heterocycles. The van der Waals surface area contributed by atoms with Gasteiger partial charge in [-0.3, -0.25) is 14.5 Å². The smallest absolute Gasteiger partial charge is 0.238 e. The van der Waals surface area contributed by atoms with Gasteiger partial charge in [0.05, 0.1) is 12.2 Å². The van der Waals surface area contributed by atoms with E-state index in [0.717, 1.165) is 11.3 Å². The molecule has 3 rings (SSSR count). The van der Waals surface area contributed by atoms with E-state index in [0.29, 0.717) is 19.5 Å². The van der Waals surface area contributed by atoms with Crippen molar-refractivity contribution in [1.82, 2.24) is 30.9 Å². The van der Waals surface area contributed by atoms with Crippen LogP contribution >= 0.6 is 0 Å². The fourth-order valence-corrected chi connectivity index (χ4v) is 2.53. The van der Waals surface area contributed by atoms with Gasteiger partial charge < -0.3 is 5.32 Å². The minimum Gasteiger partial charge on any atom is -0.353 e. The Balaban J connectivity index is 1.45. The van der Waals surface area contributed by atoms with Crippen molar-refractivity contribution in [3.8, 4) is 0 Å². The predicted molar refractivity (Wildman–Crippen MR) is 81.6 cm³/mol. The number of carbonyl (C=O) groups is 1. The van der Waals surface area contributed by atoms with Crippen LogP contribution < -0.4 is 16.2 Å². The Hall–Kier alpha value is -2.25. The van der Waals surface area contributed by atoms with Gasteiger partial charge in [-0.2, -0.15) is 5.10 Å². The van der Waals surface area contributed by atoms with Crippen molar-refractivity contribution >= 4 is 5.91 Å². The second-order valence-corrected chi connectivity index (χ2v) is 5.43.